The Kier molecular flexibility index (Phi) is 5.66. The average molecular weight is 452 g/mol. The van der Waals surface area contributed by atoms with Crippen LogP contribution in [0.5, 0.6) is 0 Å². The number of piperidine rings is 1. The molecule has 0 amide bonds. The van der Waals surface area contributed by atoms with Gasteiger partial charge in [-0.25, -0.2) is 0 Å². The van der Waals surface area contributed by atoms with Crippen LogP contribution in [0.1, 0.15) is 12.8 Å². The molecular formula is C17H15F3N8O2S. The number of aliphatic imine (C=N–C) groups is 1. The van der Waals surface area contributed by atoms with E-state index in [9.17, 15) is 21.6 Å². The zero-order chi connectivity index (χ0) is 23.0. The van der Waals surface area contributed by atoms with Gasteiger partial charge in [0.15, 0.2) is 5.71 Å². The molecule has 1 fully saturated rings. The molecule has 0 radical (unpaired) electrons. The first-order valence-corrected chi connectivity index (χ1v) is 10.2. The Morgan fingerprint density at radius 1 is 1.23 bits per heavy atom. The quantitative estimate of drug-likeness (QED) is 0.385. The lowest BCUT2D eigenvalue weighted by Crippen LogP contribution is -2.31. The molecule has 1 saturated heterocycles. The largest absolute Gasteiger partial charge is 0.518 e. The number of likely N-dealkylation sites (tertiary alicyclic amines) is 1. The number of halogens is 3. The molecule has 0 spiro atoms. The normalized spacial score (nSPS) is 23.4. The molecule has 10 nitrogen and oxygen atoms in total. The van der Waals surface area contributed by atoms with Gasteiger partial charge in [0.05, 0.1) is 0 Å². The minimum atomic E-state index is -5.81. The molecule has 2 heterocycles. The van der Waals surface area contributed by atoms with E-state index in [-0.39, 0.29) is 23.1 Å². The Labute approximate surface area is 175 Å². The minimum absolute atomic E-state index is 0.0353. The Balaban J connectivity index is 2.13. The van der Waals surface area contributed by atoms with Gasteiger partial charge >= 0.3 is 15.5 Å². The van der Waals surface area contributed by atoms with Crippen molar-refractivity contribution < 1.29 is 21.6 Å². The summed E-state index contributed by atoms with van der Waals surface area (Å²) < 4.78 is 64.8. The van der Waals surface area contributed by atoms with Crippen molar-refractivity contribution in [2.45, 2.75) is 18.3 Å². The number of guanidine groups is 1. The van der Waals surface area contributed by atoms with Gasteiger partial charge in [0, 0.05) is 32.2 Å². The molecule has 31 heavy (non-hydrogen) atoms. The first kappa shape index (κ1) is 22.1. The molecule has 0 unspecified atom stereocenters. The Morgan fingerprint density at radius 2 is 1.94 bits per heavy atom. The summed E-state index contributed by atoms with van der Waals surface area (Å²) >= 11 is 0. The maximum Gasteiger partial charge on any atom is 0.518 e. The van der Waals surface area contributed by atoms with Gasteiger partial charge in [0.2, 0.25) is 0 Å². The maximum atomic E-state index is 12.9. The summed E-state index contributed by atoms with van der Waals surface area (Å²) in [5.74, 6) is 1.92. The molecular weight excluding hydrogens is 437 g/mol. The van der Waals surface area contributed by atoms with Crippen molar-refractivity contribution in [3.05, 3.63) is 29.1 Å². The highest BCUT2D eigenvalue weighted by atomic mass is 32.2. The number of fused-ring (bicyclic) bond motifs is 1. The van der Waals surface area contributed by atoms with Crippen molar-refractivity contribution in [1.82, 2.24) is 9.80 Å². The Morgan fingerprint density at radius 3 is 2.52 bits per heavy atom. The van der Waals surface area contributed by atoms with Crippen LogP contribution >= 0.6 is 0 Å². The van der Waals surface area contributed by atoms with E-state index in [2.05, 4.69) is 19.6 Å². The fourth-order valence-electron chi connectivity index (χ4n) is 3.02. The van der Waals surface area contributed by atoms with Crippen LogP contribution in [-0.4, -0.2) is 73.3 Å². The molecule has 1 N–H and O–H groups in total. The zero-order valence-corrected chi connectivity index (χ0v) is 17.1. The molecule has 3 aliphatic rings. The van der Waals surface area contributed by atoms with E-state index in [1.165, 1.54) is 24.1 Å². The number of hydrogen-bond acceptors (Lipinski definition) is 7. The van der Waals surface area contributed by atoms with Gasteiger partial charge in [0.25, 0.3) is 5.96 Å². The van der Waals surface area contributed by atoms with Gasteiger partial charge in [-0.1, -0.05) is 0 Å². The Bertz CT molecular complexity index is 1210. The van der Waals surface area contributed by atoms with E-state index >= 15 is 0 Å². The van der Waals surface area contributed by atoms with Gasteiger partial charge in [-0.3, -0.25) is 5.41 Å². The summed E-state index contributed by atoms with van der Waals surface area (Å²) in [4.78, 5) is 6.90. The molecule has 0 saturated carbocycles. The fraction of sp³-hybridized carbons (Fsp3) is 0.353. The Hall–Kier alpha value is -3.56. The monoisotopic (exact) mass is 452 g/mol. The molecule has 0 aromatic heterocycles. The first-order chi connectivity index (χ1) is 14.5. The second-order valence-corrected chi connectivity index (χ2v) is 8.21. The summed E-state index contributed by atoms with van der Waals surface area (Å²) in [5, 5.41) is 24.0. The molecule has 0 bridgehead atoms. The number of nitrogens with one attached hydrogen (secondary N) is 1. The number of rotatable bonds is 2. The molecule has 2 aliphatic heterocycles. The summed E-state index contributed by atoms with van der Waals surface area (Å²) in [6, 6.07) is 1.77. The van der Waals surface area contributed by atoms with Crippen LogP contribution < -0.4 is 0 Å². The number of allylic oxidation sites excluding steroid dienone is 4. The van der Waals surface area contributed by atoms with E-state index in [1.807, 2.05) is 5.87 Å². The predicted molar refractivity (Wildman–Crippen MR) is 107 cm³/mol. The SMILES string of the molecule is CN1CCCC2=CC(=NN=C3N=C(C#N)C(=C=N)N3C)C(=NS(=O)(=O)C(F)(F)F)C=C21. The van der Waals surface area contributed by atoms with Crippen LogP contribution in [0.25, 0.3) is 0 Å². The average Bonchev–Trinajstić information content (AvgIpc) is 3.00. The third kappa shape index (κ3) is 4.18. The molecule has 14 heteroatoms. The number of alkyl halides is 3. The summed E-state index contributed by atoms with van der Waals surface area (Å²) in [7, 11) is -2.64. The highest BCUT2D eigenvalue weighted by Gasteiger charge is 2.46. The van der Waals surface area contributed by atoms with Crippen LogP contribution in [0.4, 0.5) is 13.2 Å². The van der Waals surface area contributed by atoms with Crippen LogP contribution in [0.3, 0.4) is 0 Å². The van der Waals surface area contributed by atoms with Gasteiger partial charge in [-0.15, -0.1) is 10.2 Å². The summed E-state index contributed by atoms with van der Waals surface area (Å²) in [5.41, 5.74) is -5.11. The number of hydrogen-bond donors (Lipinski definition) is 1. The van der Waals surface area contributed by atoms with Crippen LogP contribution in [0.15, 0.2) is 48.7 Å². The standard InChI is InChI=1S/C17H15F3N8O2S/c1-27-5-3-4-10-6-11(12(7-14(10)27)26-31(29,30)17(18,19)20)24-25-16-23-13(8-21)15(9-22)28(16)2/h6-7,22H,3-5H2,1-2H3. The molecule has 0 atom stereocenters. The lowest BCUT2D eigenvalue weighted by Gasteiger charge is -2.32. The predicted octanol–water partition coefficient (Wildman–Crippen LogP) is 1.58. The lowest BCUT2D eigenvalue weighted by atomic mass is 9.93. The van der Waals surface area contributed by atoms with Crippen molar-refractivity contribution in [1.29, 1.82) is 10.7 Å². The first-order valence-electron chi connectivity index (χ1n) is 8.72. The minimum Gasteiger partial charge on any atom is -0.374 e. The number of likely N-dealkylation sites (N-methyl/N-ethyl adjacent to an activating group) is 1. The van der Waals surface area contributed by atoms with Gasteiger partial charge in [0.1, 0.15) is 23.2 Å². The topological polar surface area (TPSA) is 138 Å². The van der Waals surface area contributed by atoms with Crippen molar-refractivity contribution in [2.24, 2.45) is 19.6 Å². The van der Waals surface area contributed by atoms with E-state index in [1.54, 1.807) is 18.0 Å². The van der Waals surface area contributed by atoms with Crippen LogP contribution in [-0.2, 0) is 10.0 Å². The zero-order valence-electron chi connectivity index (χ0n) is 16.3. The third-order valence-corrected chi connectivity index (χ3v) is 5.60. The molecule has 1 aliphatic carbocycles. The number of nitriles is 1. The summed E-state index contributed by atoms with van der Waals surface area (Å²) in [6.45, 7) is 0.645. The highest BCUT2D eigenvalue weighted by molar-refractivity contribution is 7.91. The highest BCUT2D eigenvalue weighted by Crippen LogP contribution is 2.30. The van der Waals surface area contributed by atoms with Gasteiger partial charge < -0.3 is 9.80 Å². The maximum absolute atomic E-state index is 12.9. The summed E-state index contributed by atoms with van der Waals surface area (Å²) in [6.07, 6.45) is 4.06. The van der Waals surface area contributed by atoms with Crippen molar-refractivity contribution >= 4 is 39.0 Å². The number of sulfonamides is 1. The van der Waals surface area contributed by atoms with Crippen molar-refractivity contribution in [2.75, 3.05) is 20.6 Å². The van der Waals surface area contributed by atoms with E-state index < -0.39 is 21.2 Å². The van der Waals surface area contributed by atoms with Gasteiger partial charge in [-0.2, -0.15) is 36.2 Å². The van der Waals surface area contributed by atoms with Crippen LogP contribution in [0.2, 0.25) is 0 Å². The molecule has 162 valence electrons. The molecule has 3 rings (SSSR count). The van der Waals surface area contributed by atoms with Gasteiger partial charge in [-0.05, 0) is 30.6 Å². The lowest BCUT2D eigenvalue weighted by molar-refractivity contribution is -0.0435. The number of nitrogens with zero attached hydrogens (tertiary/aromatic N) is 7. The molecule has 0 aromatic rings. The fourth-order valence-corrected chi connectivity index (χ4v) is 3.53. The van der Waals surface area contributed by atoms with E-state index in [0.717, 1.165) is 12.0 Å². The van der Waals surface area contributed by atoms with E-state index in [0.29, 0.717) is 18.7 Å². The smallest absolute Gasteiger partial charge is 0.374 e. The van der Waals surface area contributed by atoms with Crippen LogP contribution in [0, 0.1) is 16.7 Å². The van der Waals surface area contributed by atoms with Crippen molar-refractivity contribution in [3.8, 4) is 6.07 Å². The van der Waals surface area contributed by atoms with Crippen molar-refractivity contribution in [3.63, 3.8) is 0 Å². The van der Waals surface area contributed by atoms with E-state index in [4.69, 9.17) is 10.7 Å². The molecule has 0 aromatic carbocycles. The third-order valence-electron chi connectivity index (χ3n) is 4.58. The second kappa shape index (κ2) is 7.93. The second-order valence-electron chi connectivity index (χ2n) is 6.61.